The minimum atomic E-state index is -0.112. The highest BCUT2D eigenvalue weighted by atomic mass is 79.9. The van der Waals surface area contributed by atoms with Gasteiger partial charge in [-0.3, -0.25) is 0 Å². The van der Waals surface area contributed by atoms with Crippen molar-refractivity contribution in [2.45, 2.75) is 24.6 Å². The Morgan fingerprint density at radius 3 is 2.69 bits per heavy atom. The summed E-state index contributed by atoms with van der Waals surface area (Å²) in [6.45, 7) is 0.977. The van der Waals surface area contributed by atoms with Gasteiger partial charge in [0, 0.05) is 18.9 Å². The molecule has 0 bridgehead atoms. The minimum absolute atomic E-state index is 0.112. The third-order valence-electron chi connectivity index (χ3n) is 3.33. The predicted molar refractivity (Wildman–Crippen MR) is 69.6 cm³/mol. The molecule has 1 saturated carbocycles. The zero-order chi connectivity index (χ0) is 11.5. The summed E-state index contributed by atoms with van der Waals surface area (Å²) in [6.07, 6.45) is 3.93. The first-order chi connectivity index (χ1) is 7.70. The fourth-order valence-electron chi connectivity index (χ4n) is 2.10. The molecule has 88 valence electrons. The van der Waals surface area contributed by atoms with E-state index in [0.717, 1.165) is 23.7 Å². The van der Waals surface area contributed by atoms with Crippen molar-refractivity contribution in [3.05, 3.63) is 29.6 Å². The average molecular weight is 286 g/mol. The summed E-state index contributed by atoms with van der Waals surface area (Å²) >= 11 is 3.33. The van der Waals surface area contributed by atoms with Crippen LogP contribution in [0.15, 0.2) is 18.2 Å². The van der Waals surface area contributed by atoms with Gasteiger partial charge in [0.1, 0.15) is 5.82 Å². The van der Waals surface area contributed by atoms with E-state index in [9.17, 15) is 4.39 Å². The molecule has 2 rings (SSSR count). The molecule has 0 atom stereocenters. The molecule has 1 nitrogen and oxygen atoms in total. The van der Waals surface area contributed by atoms with E-state index >= 15 is 0 Å². The highest BCUT2D eigenvalue weighted by Crippen LogP contribution is 2.29. The molecule has 1 aliphatic rings. The molecule has 1 fully saturated rings. The second-order valence-corrected chi connectivity index (χ2v) is 5.16. The predicted octanol–water partition coefficient (Wildman–Crippen LogP) is 3.96. The molecule has 0 amide bonds. The molecule has 3 heteroatoms. The Hall–Kier alpha value is -0.570. The lowest BCUT2D eigenvalue weighted by molar-refractivity contribution is 0.321. The van der Waals surface area contributed by atoms with E-state index < -0.39 is 0 Å². The summed E-state index contributed by atoms with van der Waals surface area (Å²) in [5.41, 5.74) is 1.70. The molecule has 1 aromatic carbocycles. The van der Waals surface area contributed by atoms with E-state index in [1.54, 1.807) is 6.07 Å². The zero-order valence-corrected chi connectivity index (χ0v) is 11.1. The topological polar surface area (TPSA) is 3.24 Å². The molecule has 1 aromatic rings. The lowest BCUT2D eigenvalue weighted by Crippen LogP contribution is -2.29. The molecule has 0 unspecified atom stereocenters. The standard InChI is InChI=1S/C13H17BrFN/c1-16(9-10-3-2-4-10)13-6-5-11(8-14)7-12(13)15/h5-7,10H,2-4,8-9H2,1H3. The van der Waals surface area contributed by atoms with E-state index in [1.165, 1.54) is 19.3 Å². The van der Waals surface area contributed by atoms with Crippen molar-refractivity contribution in [2.24, 2.45) is 5.92 Å². The molecule has 0 heterocycles. The monoisotopic (exact) mass is 285 g/mol. The van der Waals surface area contributed by atoms with Crippen molar-refractivity contribution >= 4 is 21.6 Å². The van der Waals surface area contributed by atoms with Crippen molar-refractivity contribution in [2.75, 3.05) is 18.5 Å². The van der Waals surface area contributed by atoms with E-state index in [2.05, 4.69) is 15.9 Å². The van der Waals surface area contributed by atoms with Crippen molar-refractivity contribution in [1.29, 1.82) is 0 Å². The molecule has 0 N–H and O–H groups in total. The van der Waals surface area contributed by atoms with Crippen LogP contribution in [-0.4, -0.2) is 13.6 Å². The molecule has 0 aromatic heterocycles. The minimum Gasteiger partial charge on any atom is -0.372 e. The second-order valence-electron chi connectivity index (χ2n) is 4.60. The molecule has 16 heavy (non-hydrogen) atoms. The quantitative estimate of drug-likeness (QED) is 0.757. The van der Waals surface area contributed by atoms with Gasteiger partial charge in [0.25, 0.3) is 0 Å². The van der Waals surface area contributed by atoms with Gasteiger partial charge in [0.2, 0.25) is 0 Å². The van der Waals surface area contributed by atoms with Crippen LogP contribution in [0.25, 0.3) is 0 Å². The smallest absolute Gasteiger partial charge is 0.146 e. The van der Waals surface area contributed by atoms with E-state index in [4.69, 9.17) is 0 Å². The zero-order valence-electron chi connectivity index (χ0n) is 9.55. The lowest BCUT2D eigenvalue weighted by Gasteiger charge is -2.31. The molecule has 0 saturated heterocycles. The van der Waals surface area contributed by atoms with Crippen LogP contribution >= 0.6 is 15.9 Å². The molecular formula is C13H17BrFN. The molecule has 0 aliphatic heterocycles. The normalized spacial score (nSPS) is 15.9. The number of benzene rings is 1. The van der Waals surface area contributed by atoms with Crippen LogP contribution in [0.2, 0.25) is 0 Å². The Bertz CT molecular complexity index is 363. The Morgan fingerprint density at radius 1 is 1.44 bits per heavy atom. The van der Waals surface area contributed by atoms with Gasteiger partial charge >= 0.3 is 0 Å². The summed E-state index contributed by atoms with van der Waals surface area (Å²) in [4.78, 5) is 2.04. The van der Waals surface area contributed by atoms with Gasteiger partial charge in [0.05, 0.1) is 5.69 Å². The third-order valence-corrected chi connectivity index (χ3v) is 3.98. The van der Waals surface area contributed by atoms with Crippen LogP contribution in [0.1, 0.15) is 24.8 Å². The van der Waals surface area contributed by atoms with Gasteiger partial charge in [-0.2, -0.15) is 0 Å². The summed E-state index contributed by atoms with van der Waals surface area (Å²) < 4.78 is 13.8. The maximum atomic E-state index is 13.8. The van der Waals surface area contributed by atoms with Gasteiger partial charge in [-0.25, -0.2) is 4.39 Å². The first-order valence-corrected chi connectivity index (χ1v) is 6.88. The summed E-state index contributed by atoms with van der Waals surface area (Å²) in [5, 5.41) is 0.705. The van der Waals surface area contributed by atoms with E-state index in [0.29, 0.717) is 5.33 Å². The highest BCUT2D eigenvalue weighted by Gasteiger charge is 2.20. The Morgan fingerprint density at radius 2 is 2.19 bits per heavy atom. The first-order valence-electron chi connectivity index (χ1n) is 5.76. The van der Waals surface area contributed by atoms with Crippen LogP contribution in [0.4, 0.5) is 10.1 Å². The SMILES string of the molecule is CN(CC1CCC1)c1ccc(CBr)cc1F. The summed E-state index contributed by atoms with van der Waals surface area (Å²) in [7, 11) is 1.98. The van der Waals surface area contributed by atoms with Gasteiger partial charge in [-0.1, -0.05) is 28.4 Å². The maximum Gasteiger partial charge on any atom is 0.146 e. The molecular weight excluding hydrogens is 269 g/mol. The van der Waals surface area contributed by atoms with Crippen LogP contribution in [0, 0.1) is 11.7 Å². The van der Waals surface area contributed by atoms with Crippen LogP contribution in [0.3, 0.4) is 0 Å². The fourth-order valence-corrected chi connectivity index (χ4v) is 2.45. The fraction of sp³-hybridized carbons (Fsp3) is 0.538. The molecule has 0 spiro atoms. The second kappa shape index (κ2) is 5.17. The first kappa shape index (κ1) is 11.9. The highest BCUT2D eigenvalue weighted by molar-refractivity contribution is 9.08. The Kier molecular flexibility index (Phi) is 3.85. The van der Waals surface area contributed by atoms with Crippen LogP contribution in [0.5, 0.6) is 0 Å². The number of anilines is 1. The average Bonchev–Trinajstić information content (AvgIpc) is 2.23. The van der Waals surface area contributed by atoms with Crippen molar-refractivity contribution < 1.29 is 4.39 Å². The molecule has 0 radical (unpaired) electrons. The van der Waals surface area contributed by atoms with Crippen LogP contribution < -0.4 is 4.90 Å². The van der Waals surface area contributed by atoms with Crippen molar-refractivity contribution in [3.8, 4) is 0 Å². The van der Waals surface area contributed by atoms with Gasteiger partial charge < -0.3 is 4.90 Å². The third kappa shape index (κ3) is 2.57. The number of halogens is 2. The van der Waals surface area contributed by atoms with Crippen molar-refractivity contribution in [1.82, 2.24) is 0 Å². The Balaban J connectivity index is 2.06. The van der Waals surface area contributed by atoms with Crippen LogP contribution in [-0.2, 0) is 5.33 Å². The van der Waals surface area contributed by atoms with Gasteiger partial charge in [0.15, 0.2) is 0 Å². The Labute approximate surface area is 105 Å². The van der Waals surface area contributed by atoms with Gasteiger partial charge in [-0.05, 0) is 36.5 Å². The van der Waals surface area contributed by atoms with E-state index in [-0.39, 0.29) is 5.82 Å². The maximum absolute atomic E-state index is 13.8. The number of nitrogens with zero attached hydrogens (tertiary/aromatic N) is 1. The van der Waals surface area contributed by atoms with Crippen molar-refractivity contribution in [3.63, 3.8) is 0 Å². The number of rotatable bonds is 4. The number of hydrogen-bond donors (Lipinski definition) is 0. The van der Waals surface area contributed by atoms with E-state index in [1.807, 2.05) is 24.1 Å². The molecule has 1 aliphatic carbocycles. The largest absolute Gasteiger partial charge is 0.372 e. The summed E-state index contributed by atoms with van der Waals surface area (Å²) in [6, 6.07) is 5.47. The number of alkyl halides is 1. The lowest BCUT2D eigenvalue weighted by atomic mass is 9.85. The number of hydrogen-bond acceptors (Lipinski definition) is 1. The summed E-state index contributed by atoms with van der Waals surface area (Å²) in [5.74, 6) is 0.652. The van der Waals surface area contributed by atoms with Gasteiger partial charge in [-0.15, -0.1) is 0 Å².